The average molecular weight is 411 g/mol. The highest BCUT2D eigenvalue weighted by Crippen LogP contribution is 2.30. The molecule has 28 heavy (non-hydrogen) atoms. The molecule has 1 aromatic carbocycles. The summed E-state index contributed by atoms with van der Waals surface area (Å²) in [5, 5.41) is 3.11. The standard InChI is InChI=1S/C21H25F3N2OS/c1-3-16-12-19(28-14(16)2)20(27)25-18-7-9-26(10-8-18)13-15-5-4-6-17(11-15)21(22,23)24/h4-6,11-12,18H,3,7-10,13H2,1-2H3,(H,25,27). The topological polar surface area (TPSA) is 32.3 Å². The first kappa shape index (κ1) is 20.9. The fourth-order valence-corrected chi connectivity index (χ4v) is 4.60. The van der Waals surface area contributed by atoms with Crippen molar-refractivity contribution >= 4 is 17.2 Å². The summed E-state index contributed by atoms with van der Waals surface area (Å²) >= 11 is 1.53. The van der Waals surface area contributed by atoms with E-state index in [9.17, 15) is 18.0 Å². The van der Waals surface area contributed by atoms with Crippen molar-refractivity contribution in [2.45, 2.75) is 51.9 Å². The fraction of sp³-hybridized carbons (Fsp3) is 0.476. The number of alkyl halides is 3. The number of nitrogens with zero attached hydrogens (tertiary/aromatic N) is 1. The molecule has 152 valence electrons. The zero-order chi connectivity index (χ0) is 20.3. The van der Waals surface area contributed by atoms with Crippen LogP contribution in [0.25, 0.3) is 0 Å². The number of nitrogens with one attached hydrogen (secondary N) is 1. The third-order valence-electron chi connectivity index (χ3n) is 5.21. The van der Waals surface area contributed by atoms with Crippen LogP contribution in [0.2, 0.25) is 0 Å². The van der Waals surface area contributed by atoms with Crippen molar-refractivity contribution in [2.24, 2.45) is 0 Å². The minimum absolute atomic E-state index is 0.0240. The number of halogens is 3. The maximum Gasteiger partial charge on any atom is 0.416 e. The van der Waals surface area contributed by atoms with Gasteiger partial charge in [-0.3, -0.25) is 9.69 Å². The largest absolute Gasteiger partial charge is 0.416 e. The number of carbonyl (C=O) groups excluding carboxylic acids is 1. The van der Waals surface area contributed by atoms with E-state index in [1.165, 1.54) is 33.9 Å². The van der Waals surface area contributed by atoms with Crippen molar-refractivity contribution in [2.75, 3.05) is 13.1 Å². The molecule has 0 radical (unpaired) electrons. The predicted molar refractivity (Wildman–Crippen MR) is 106 cm³/mol. The lowest BCUT2D eigenvalue weighted by molar-refractivity contribution is -0.137. The number of benzene rings is 1. The van der Waals surface area contributed by atoms with Gasteiger partial charge in [-0.2, -0.15) is 13.2 Å². The lowest BCUT2D eigenvalue weighted by Gasteiger charge is -2.32. The molecule has 1 amide bonds. The SMILES string of the molecule is CCc1cc(C(=O)NC2CCN(Cc3cccc(C(F)(F)F)c3)CC2)sc1C. The second kappa shape index (κ2) is 8.66. The van der Waals surface area contributed by atoms with E-state index in [-0.39, 0.29) is 11.9 Å². The molecule has 3 rings (SSSR count). The zero-order valence-electron chi connectivity index (χ0n) is 16.1. The lowest BCUT2D eigenvalue weighted by Crippen LogP contribution is -2.44. The van der Waals surface area contributed by atoms with Crippen LogP contribution in [0.4, 0.5) is 13.2 Å². The Kier molecular flexibility index (Phi) is 6.45. The van der Waals surface area contributed by atoms with Gasteiger partial charge >= 0.3 is 6.18 Å². The maximum absolute atomic E-state index is 12.9. The molecule has 2 heterocycles. The summed E-state index contributed by atoms with van der Waals surface area (Å²) < 4.78 is 38.6. The van der Waals surface area contributed by atoms with Gasteiger partial charge in [0.05, 0.1) is 10.4 Å². The molecule has 7 heteroatoms. The Morgan fingerprint density at radius 1 is 1.25 bits per heavy atom. The van der Waals surface area contributed by atoms with E-state index in [0.717, 1.165) is 43.3 Å². The number of amides is 1. The highest BCUT2D eigenvalue weighted by molar-refractivity contribution is 7.14. The van der Waals surface area contributed by atoms with Crippen LogP contribution >= 0.6 is 11.3 Å². The second-order valence-corrected chi connectivity index (χ2v) is 8.52. The Balaban J connectivity index is 1.51. The van der Waals surface area contributed by atoms with Gasteiger partial charge in [0.2, 0.25) is 0 Å². The van der Waals surface area contributed by atoms with Crippen molar-refractivity contribution in [3.05, 3.63) is 56.8 Å². The van der Waals surface area contributed by atoms with Crippen molar-refractivity contribution in [1.82, 2.24) is 10.2 Å². The summed E-state index contributed by atoms with van der Waals surface area (Å²) in [6, 6.07) is 7.59. The van der Waals surface area contributed by atoms with E-state index in [0.29, 0.717) is 12.1 Å². The summed E-state index contributed by atoms with van der Waals surface area (Å²) in [6.07, 6.45) is -1.79. The molecule has 0 atom stereocenters. The van der Waals surface area contributed by atoms with Crippen LogP contribution in [0.1, 0.15) is 51.0 Å². The van der Waals surface area contributed by atoms with Crippen LogP contribution in [-0.2, 0) is 19.1 Å². The van der Waals surface area contributed by atoms with Crippen LogP contribution in [0.3, 0.4) is 0 Å². The van der Waals surface area contributed by atoms with E-state index in [1.807, 2.05) is 13.0 Å². The van der Waals surface area contributed by atoms with E-state index < -0.39 is 11.7 Å². The monoisotopic (exact) mass is 410 g/mol. The van der Waals surface area contributed by atoms with Gasteiger partial charge in [0, 0.05) is 30.6 Å². The summed E-state index contributed by atoms with van der Waals surface area (Å²) in [4.78, 5) is 16.6. The molecule has 0 unspecified atom stereocenters. The molecule has 1 N–H and O–H groups in total. The van der Waals surface area contributed by atoms with Crippen molar-refractivity contribution < 1.29 is 18.0 Å². The Labute approximate surface area is 167 Å². The van der Waals surface area contributed by atoms with Gasteiger partial charge in [0.15, 0.2) is 0 Å². The number of hydrogen-bond donors (Lipinski definition) is 1. The normalized spacial score (nSPS) is 16.3. The minimum Gasteiger partial charge on any atom is -0.349 e. The number of rotatable bonds is 5. The van der Waals surface area contributed by atoms with Crippen molar-refractivity contribution in [3.63, 3.8) is 0 Å². The van der Waals surface area contributed by atoms with Gasteiger partial charge < -0.3 is 5.32 Å². The molecule has 2 aromatic rings. The van der Waals surface area contributed by atoms with E-state index >= 15 is 0 Å². The number of likely N-dealkylation sites (tertiary alicyclic amines) is 1. The second-order valence-electron chi connectivity index (χ2n) is 7.27. The first-order valence-corrected chi connectivity index (χ1v) is 10.4. The van der Waals surface area contributed by atoms with Crippen LogP contribution in [0, 0.1) is 6.92 Å². The Bertz CT molecular complexity index is 823. The first-order chi connectivity index (χ1) is 13.3. The fourth-order valence-electron chi connectivity index (χ4n) is 3.58. The molecule has 1 saturated heterocycles. The van der Waals surface area contributed by atoms with Crippen LogP contribution in [0.15, 0.2) is 30.3 Å². The summed E-state index contributed by atoms with van der Waals surface area (Å²) in [5.41, 5.74) is 1.27. The molecule has 0 aliphatic carbocycles. The van der Waals surface area contributed by atoms with Crippen molar-refractivity contribution in [1.29, 1.82) is 0 Å². The molecule has 0 spiro atoms. The van der Waals surface area contributed by atoms with Crippen molar-refractivity contribution in [3.8, 4) is 0 Å². The molecule has 1 aromatic heterocycles. The highest BCUT2D eigenvalue weighted by Gasteiger charge is 2.30. The lowest BCUT2D eigenvalue weighted by atomic mass is 10.0. The number of carbonyl (C=O) groups is 1. The number of thiophene rings is 1. The van der Waals surface area contributed by atoms with Gasteiger partial charge in [0.25, 0.3) is 5.91 Å². The Hall–Kier alpha value is -1.86. The summed E-state index contributed by atoms with van der Waals surface area (Å²) in [6.45, 7) is 6.12. The molecule has 0 saturated carbocycles. The third kappa shape index (κ3) is 5.14. The summed E-state index contributed by atoms with van der Waals surface area (Å²) in [5.74, 6) is -0.0240. The van der Waals surface area contributed by atoms with Crippen LogP contribution < -0.4 is 5.32 Å². The van der Waals surface area contributed by atoms with E-state index in [2.05, 4.69) is 17.1 Å². The number of hydrogen-bond acceptors (Lipinski definition) is 3. The zero-order valence-corrected chi connectivity index (χ0v) is 16.9. The quantitative estimate of drug-likeness (QED) is 0.750. The molecular weight excluding hydrogens is 385 g/mol. The molecule has 1 fully saturated rings. The predicted octanol–water partition coefficient (Wildman–Crippen LogP) is 5.03. The maximum atomic E-state index is 12.9. The third-order valence-corrected chi connectivity index (χ3v) is 6.30. The smallest absolute Gasteiger partial charge is 0.349 e. The Morgan fingerprint density at radius 2 is 1.96 bits per heavy atom. The number of aryl methyl sites for hydroxylation is 2. The average Bonchev–Trinajstić information content (AvgIpc) is 3.04. The first-order valence-electron chi connectivity index (χ1n) is 9.55. The van der Waals surface area contributed by atoms with E-state index in [1.54, 1.807) is 6.07 Å². The van der Waals surface area contributed by atoms with Crippen LogP contribution in [-0.4, -0.2) is 29.9 Å². The molecule has 1 aliphatic rings. The highest BCUT2D eigenvalue weighted by atomic mass is 32.1. The van der Waals surface area contributed by atoms with Gasteiger partial charge in [0.1, 0.15) is 0 Å². The molecule has 1 aliphatic heterocycles. The number of piperidine rings is 1. The Morgan fingerprint density at radius 3 is 2.57 bits per heavy atom. The molecule has 0 bridgehead atoms. The summed E-state index contributed by atoms with van der Waals surface area (Å²) in [7, 11) is 0. The minimum atomic E-state index is -4.31. The van der Waals surface area contributed by atoms with Gasteiger partial charge in [-0.15, -0.1) is 11.3 Å². The molecular formula is C21H25F3N2OS. The van der Waals surface area contributed by atoms with E-state index in [4.69, 9.17) is 0 Å². The van der Waals surface area contributed by atoms with Gasteiger partial charge in [-0.25, -0.2) is 0 Å². The molecule has 3 nitrogen and oxygen atoms in total. The van der Waals surface area contributed by atoms with Gasteiger partial charge in [-0.1, -0.05) is 25.1 Å². The van der Waals surface area contributed by atoms with Crippen LogP contribution in [0.5, 0.6) is 0 Å². The van der Waals surface area contributed by atoms with Gasteiger partial charge in [-0.05, 0) is 49.4 Å².